The van der Waals surface area contributed by atoms with Gasteiger partial charge in [-0.05, 0) is 13.8 Å². The molecule has 2 N–H and O–H groups in total. The van der Waals surface area contributed by atoms with Crippen LogP contribution in [0.4, 0.5) is 9.59 Å². The number of rotatable bonds is 4. The summed E-state index contributed by atoms with van der Waals surface area (Å²) in [6.45, 7) is 2.66. The maximum absolute atomic E-state index is 10.6. The van der Waals surface area contributed by atoms with E-state index in [1.54, 1.807) is 6.92 Å². The van der Waals surface area contributed by atoms with Crippen molar-refractivity contribution < 1.29 is 34.1 Å². The third-order valence-electron chi connectivity index (χ3n) is 1.92. The predicted octanol–water partition coefficient (Wildman–Crippen LogP) is 2.65. The summed E-state index contributed by atoms with van der Waals surface area (Å²) < 4.78 is 8.16. The van der Waals surface area contributed by atoms with Crippen LogP contribution in [0.25, 0.3) is 0 Å². The van der Waals surface area contributed by atoms with E-state index in [1.807, 2.05) is 30.3 Å². The van der Waals surface area contributed by atoms with Gasteiger partial charge in [0, 0.05) is 5.56 Å². The van der Waals surface area contributed by atoms with E-state index in [9.17, 15) is 14.4 Å². The number of benzene rings is 1. The lowest BCUT2D eigenvalue weighted by atomic mass is 10.2. The molecule has 0 bridgehead atoms. The number of hydrogen-bond donors (Lipinski definition) is 2. The number of hydrogen-bond acceptors (Lipinski definition) is 5. The van der Waals surface area contributed by atoms with E-state index < -0.39 is 18.4 Å². The van der Waals surface area contributed by atoms with Crippen LogP contribution in [0.5, 0.6) is 0 Å². The molecule has 1 atom stereocenters. The Labute approximate surface area is 115 Å². The van der Waals surface area contributed by atoms with E-state index in [1.165, 1.54) is 6.92 Å². The second kappa shape index (κ2) is 9.37. The molecule has 0 saturated carbocycles. The monoisotopic (exact) mass is 284 g/mol. The largest absolute Gasteiger partial charge is 0.506 e. The molecule has 0 aliphatic rings. The Morgan fingerprint density at radius 3 is 2.00 bits per heavy atom. The van der Waals surface area contributed by atoms with Crippen LogP contribution in [-0.2, 0) is 9.47 Å². The minimum Gasteiger partial charge on any atom is -0.450 e. The summed E-state index contributed by atoms with van der Waals surface area (Å²) in [5.74, 6) is 0.121. The molecule has 20 heavy (non-hydrogen) atoms. The van der Waals surface area contributed by atoms with Crippen LogP contribution in [0.1, 0.15) is 24.2 Å². The van der Waals surface area contributed by atoms with Gasteiger partial charge in [0.2, 0.25) is 0 Å². The first-order valence-corrected chi connectivity index (χ1v) is 5.64. The van der Waals surface area contributed by atoms with E-state index in [-0.39, 0.29) is 12.4 Å². The third-order valence-corrected chi connectivity index (χ3v) is 1.92. The van der Waals surface area contributed by atoms with Crippen molar-refractivity contribution in [1.82, 2.24) is 0 Å². The number of ketones is 1. The van der Waals surface area contributed by atoms with Gasteiger partial charge in [0.25, 0.3) is 0 Å². The third kappa shape index (κ3) is 9.46. The molecule has 1 rings (SSSR count). The number of carbonyl (C=O) groups is 3. The SMILES string of the molecule is CC(=O)c1ccccc1.CC(COC(=O)O)OC(=O)O. The molecule has 110 valence electrons. The minimum absolute atomic E-state index is 0.121. The molecule has 7 heteroatoms. The van der Waals surface area contributed by atoms with Crippen molar-refractivity contribution in [2.24, 2.45) is 0 Å². The summed E-state index contributed by atoms with van der Waals surface area (Å²) in [7, 11) is 0. The smallest absolute Gasteiger partial charge is 0.450 e. The van der Waals surface area contributed by atoms with Crippen molar-refractivity contribution in [3.8, 4) is 0 Å². The van der Waals surface area contributed by atoms with E-state index in [0.29, 0.717) is 0 Å². The maximum Gasteiger partial charge on any atom is 0.506 e. The van der Waals surface area contributed by atoms with Crippen molar-refractivity contribution in [3.05, 3.63) is 35.9 Å². The van der Waals surface area contributed by atoms with E-state index in [2.05, 4.69) is 9.47 Å². The molecule has 0 fully saturated rings. The first-order valence-electron chi connectivity index (χ1n) is 5.64. The Bertz CT molecular complexity index is 441. The highest BCUT2D eigenvalue weighted by molar-refractivity contribution is 5.93. The first kappa shape index (κ1) is 17.4. The summed E-state index contributed by atoms with van der Waals surface area (Å²) >= 11 is 0. The lowest BCUT2D eigenvalue weighted by Gasteiger charge is -2.08. The first-order chi connectivity index (χ1) is 9.32. The van der Waals surface area contributed by atoms with Crippen molar-refractivity contribution >= 4 is 18.1 Å². The fourth-order valence-corrected chi connectivity index (χ4v) is 1.07. The number of carboxylic acid groups (broad SMARTS) is 2. The van der Waals surface area contributed by atoms with Crippen molar-refractivity contribution in [1.29, 1.82) is 0 Å². The lowest BCUT2D eigenvalue weighted by Crippen LogP contribution is -2.20. The van der Waals surface area contributed by atoms with E-state index >= 15 is 0 Å². The van der Waals surface area contributed by atoms with Crippen molar-refractivity contribution in [2.45, 2.75) is 20.0 Å². The van der Waals surface area contributed by atoms with Crippen LogP contribution in [0.3, 0.4) is 0 Å². The molecule has 1 unspecified atom stereocenters. The van der Waals surface area contributed by atoms with Gasteiger partial charge in [0.15, 0.2) is 5.78 Å². The average Bonchev–Trinajstić information content (AvgIpc) is 2.37. The average molecular weight is 284 g/mol. The highest BCUT2D eigenvalue weighted by Gasteiger charge is 2.09. The van der Waals surface area contributed by atoms with Gasteiger partial charge in [-0.15, -0.1) is 0 Å². The Hall–Kier alpha value is -2.57. The summed E-state index contributed by atoms with van der Waals surface area (Å²) in [5, 5.41) is 16.0. The Balaban J connectivity index is 0.000000367. The highest BCUT2D eigenvalue weighted by Crippen LogP contribution is 1.97. The van der Waals surface area contributed by atoms with Crippen LogP contribution >= 0.6 is 0 Å². The van der Waals surface area contributed by atoms with Crippen LogP contribution in [0.15, 0.2) is 30.3 Å². The summed E-state index contributed by atoms with van der Waals surface area (Å²) in [5.41, 5.74) is 0.775. The van der Waals surface area contributed by atoms with Gasteiger partial charge < -0.3 is 19.7 Å². The highest BCUT2D eigenvalue weighted by atomic mass is 16.7. The van der Waals surface area contributed by atoms with Crippen LogP contribution in [0.2, 0.25) is 0 Å². The van der Waals surface area contributed by atoms with Crippen molar-refractivity contribution in [3.63, 3.8) is 0 Å². The number of ether oxygens (including phenoxy) is 2. The zero-order valence-corrected chi connectivity index (χ0v) is 11.1. The Morgan fingerprint density at radius 1 is 1.10 bits per heavy atom. The summed E-state index contributed by atoms with van der Waals surface area (Å²) in [6.07, 6.45) is -3.68. The quantitative estimate of drug-likeness (QED) is 0.645. The molecule has 7 nitrogen and oxygen atoms in total. The number of Topliss-reactive ketones (excluding diaryl/α,β-unsaturated/α-hetero) is 1. The Morgan fingerprint density at radius 2 is 1.65 bits per heavy atom. The van der Waals surface area contributed by atoms with Crippen LogP contribution in [-0.4, -0.2) is 41.0 Å². The number of carbonyl (C=O) groups excluding carboxylic acids is 1. The molecule has 0 aliphatic heterocycles. The minimum atomic E-state index is -1.45. The van der Waals surface area contributed by atoms with Gasteiger partial charge in [0.1, 0.15) is 12.7 Å². The fourth-order valence-electron chi connectivity index (χ4n) is 1.07. The zero-order chi connectivity index (χ0) is 15.5. The summed E-state index contributed by atoms with van der Waals surface area (Å²) in [6, 6.07) is 9.23. The van der Waals surface area contributed by atoms with Gasteiger partial charge in [0.05, 0.1) is 0 Å². The fraction of sp³-hybridized carbons (Fsp3) is 0.308. The predicted molar refractivity (Wildman–Crippen MR) is 69.0 cm³/mol. The normalized spacial score (nSPS) is 10.5. The topological polar surface area (TPSA) is 110 Å². The van der Waals surface area contributed by atoms with Gasteiger partial charge in [-0.3, -0.25) is 4.79 Å². The second-order valence-corrected chi connectivity index (χ2v) is 3.69. The molecule has 1 aromatic carbocycles. The zero-order valence-electron chi connectivity index (χ0n) is 11.1. The van der Waals surface area contributed by atoms with Gasteiger partial charge in [-0.2, -0.15) is 0 Å². The van der Waals surface area contributed by atoms with Gasteiger partial charge >= 0.3 is 12.3 Å². The van der Waals surface area contributed by atoms with Crippen molar-refractivity contribution in [2.75, 3.05) is 6.61 Å². The Kier molecular flexibility index (Phi) is 8.17. The summed E-state index contributed by atoms with van der Waals surface area (Å²) in [4.78, 5) is 30.2. The lowest BCUT2D eigenvalue weighted by molar-refractivity contribution is 0.0122. The molecule has 0 aliphatic carbocycles. The molecule has 0 saturated heterocycles. The van der Waals surface area contributed by atoms with Gasteiger partial charge in [-0.25, -0.2) is 9.59 Å². The molecule has 1 aromatic rings. The molecule has 0 radical (unpaired) electrons. The molecule has 0 spiro atoms. The van der Waals surface area contributed by atoms with E-state index in [0.717, 1.165) is 5.56 Å². The second-order valence-electron chi connectivity index (χ2n) is 3.69. The molecular weight excluding hydrogens is 268 g/mol. The van der Waals surface area contributed by atoms with Crippen LogP contribution < -0.4 is 0 Å². The molecule has 0 aromatic heterocycles. The van der Waals surface area contributed by atoms with Crippen LogP contribution in [0, 0.1) is 0 Å². The van der Waals surface area contributed by atoms with E-state index in [4.69, 9.17) is 10.2 Å². The molecular formula is C13H16O7. The standard InChI is InChI=1S/C8H8O.C5H8O6/c1-7(9)8-5-3-2-4-6-8;1-3(11-5(8)9)2-10-4(6)7/h2-6H,1H3;3H,2H2,1H3,(H,6,7)(H,8,9). The molecule has 0 heterocycles. The van der Waals surface area contributed by atoms with Gasteiger partial charge in [-0.1, -0.05) is 30.3 Å². The maximum atomic E-state index is 10.6. The molecule has 0 amide bonds.